The van der Waals surface area contributed by atoms with Gasteiger partial charge in [-0.05, 0) is 30.0 Å². The summed E-state index contributed by atoms with van der Waals surface area (Å²) in [6, 6.07) is 2.14. The predicted molar refractivity (Wildman–Crippen MR) is 71.1 cm³/mol. The van der Waals surface area contributed by atoms with Gasteiger partial charge in [0.2, 0.25) is 0 Å². The van der Waals surface area contributed by atoms with Crippen LogP contribution in [0.5, 0.6) is 0 Å². The average molecular weight is 257 g/mol. The Hall–Kier alpha value is -1.97. The van der Waals surface area contributed by atoms with Gasteiger partial charge in [0.25, 0.3) is 0 Å². The smallest absolute Gasteiger partial charge is 0.154 e. The van der Waals surface area contributed by atoms with Crippen LogP contribution in [0.25, 0.3) is 0 Å². The predicted octanol–water partition coefficient (Wildman–Crippen LogP) is 1.28. The van der Waals surface area contributed by atoms with Crippen LogP contribution in [0.4, 0.5) is 5.82 Å². The molecule has 98 valence electrons. The van der Waals surface area contributed by atoms with Gasteiger partial charge in [0.1, 0.15) is 11.6 Å². The van der Waals surface area contributed by atoms with E-state index in [1.54, 1.807) is 0 Å². The molecule has 2 aliphatic heterocycles. The second-order valence-electron chi connectivity index (χ2n) is 4.70. The van der Waals surface area contributed by atoms with Crippen LogP contribution in [0.1, 0.15) is 17.5 Å². The van der Waals surface area contributed by atoms with Gasteiger partial charge in [0, 0.05) is 25.5 Å². The van der Waals surface area contributed by atoms with E-state index in [2.05, 4.69) is 16.0 Å². The Morgan fingerprint density at radius 2 is 2.42 bits per heavy atom. The van der Waals surface area contributed by atoms with Crippen LogP contribution in [0.15, 0.2) is 23.0 Å². The summed E-state index contributed by atoms with van der Waals surface area (Å²) in [5.41, 5.74) is 2.87. The highest BCUT2D eigenvalue weighted by Gasteiger charge is 2.17. The molecule has 1 fully saturated rings. The third-order valence-electron chi connectivity index (χ3n) is 3.37. The van der Waals surface area contributed by atoms with Crippen molar-refractivity contribution in [1.29, 1.82) is 0 Å². The molecule has 0 bridgehead atoms. The van der Waals surface area contributed by atoms with E-state index in [9.17, 15) is 4.79 Å². The van der Waals surface area contributed by atoms with Crippen LogP contribution in [-0.4, -0.2) is 41.8 Å². The lowest BCUT2D eigenvalue weighted by Crippen LogP contribution is -2.34. The molecule has 0 aliphatic carbocycles. The molecule has 3 rings (SSSR count). The molecular weight excluding hydrogens is 242 g/mol. The summed E-state index contributed by atoms with van der Waals surface area (Å²) >= 11 is 0. The number of aryl methyl sites for hydroxylation is 1. The van der Waals surface area contributed by atoms with E-state index in [-0.39, 0.29) is 0 Å². The van der Waals surface area contributed by atoms with Crippen molar-refractivity contribution in [2.24, 2.45) is 4.99 Å². The third-order valence-corrected chi connectivity index (χ3v) is 3.37. The van der Waals surface area contributed by atoms with Gasteiger partial charge in [-0.1, -0.05) is 0 Å². The Kier molecular flexibility index (Phi) is 3.40. The first-order valence-corrected chi connectivity index (χ1v) is 6.44. The lowest BCUT2D eigenvalue weighted by molar-refractivity contribution is 0.0719. The molecule has 5 nitrogen and oxygen atoms in total. The maximum absolute atomic E-state index is 10.9. The number of aliphatic imine (C=N–C) groups is 1. The van der Waals surface area contributed by atoms with Crippen molar-refractivity contribution < 1.29 is 9.53 Å². The normalized spacial score (nSPS) is 18.1. The fourth-order valence-corrected chi connectivity index (χ4v) is 2.37. The van der Waals surface area contributed by atoms with Crippen LogP contribution in [0.3, 0.4) is 0 Å². The molecule has 0 atom stereocenters. The summed E-state index contributed by atoms with van der Waals surface area (Å²) in [6.07, 6.45) is 5.69. The van der Waals surface area contributed by atoms with E-state index >= 15 is 0 Å². The van der Waals surface area contributed by atoms with E-state index in [4.69, 9.17) is 4.74 Å². The quantitative estimate of drug-likeness (QED) is 0.749. The SMILES string of the molecule is O=C=C1COCCN1Cc1cnc2c(c1)CCC=N2. The fourth-order valence-electron chi connectivity index (χ4n) is 2.37. The summed E-state index contributed by atoms with van der Waals surface area (Å²) in [7, 11) is 0. The fraction of sp³-hybridized carbons (Fsp3) is 0.429. The van der Waals surface area contributed by atoms with Crippen molar-refractivity contribution in [2.45, 2.75) is 19.4 Å². The topological polar surface area (TPSA) is 54.8 Å². The number of rotatable bonds is 2. The number of nitrogens with zero attached hydrogens (tertiary/aromatic N) is 3. The maximum Gasteiger partial charge on any atom is 0.154 e. The zero-order valence-corrected chi connectivity index (χ0v) is 10.6. The molecule has 3 heterocycles. The molecule has 5 heteroatoms. The third kappa shape index (κ3) is 2.57. The Morgan fingerprint density at radius 3 is 3.32 bits per heavy atom. The minimum absolute atomic E-state index is 0.353. The number of pyridine rings is 1. The van der Waals surface area contributed by atoms with E-state index in [1.165, 1.54) is 5.56 Å². The molecule has 1 aromatic rings. The Labute approximate surface area is 111 Å². The van der Waals surface area contributed by atoms with E-state index in [0.29, 0.717) is 25.5 Å². The van der Waals surface area contributed by atoms with Gasteiger partial charge >= 0.3 is 0 Å². The van der Waals surface area contributed by atoms with Crippen LogP contribution in [-0.2, 0) is 22.5 Å². The van der Waals surface area contributed by atoms with Gasteiger partial charge in [0.05, 0.1) is 13.2 Å². The molecule has 2 aliphatic rings. The van der Waals surface area contributed by atoms with Crippen molar-refractivity contribution in [2.75, 3.05) is 19.8 Å². The Morgan fingerprint density at radius 1 is 1.47 bits per heavy atom. The van der Waals surface area contributed by atoms with Gasteiger partial charge in [-0.2, -0.15) is 0 Å². The molecule has 0 radical (unpaired) electrons. The average Bonchev–Trinajstić information content (AvgIpc) is 2.48. The first kappa shape index (κ1) is 12.1. The zero-order valence-electron chi connectivity index (χ0n) is 10.6. The zero-order chi connectivity index (χ0) is 13.1. The number of hydrogen-bond donors (Lipinski definition) is 0. The highest BCUT2D eigenvalue weighted by Crippen LogP contribution is 2.23. The molecule has 0 amide bonds. The first-order chi connectivity index (χ1) is 9.36. The van der Waals surface area contributed by atoms with Crippen LogP contribution in [0.2, 0.25) is 0 Å². The van der Waals surface area contributed by atoms with E-state index < -0.39 is 0 Å². The van der Waals surface area contributed by atoms with Gasteiger partial charge in [-0.3, -0.25) is 0 Å². The lowest BCUT2D eigenvalue weighted by atomic mass is 10.1. The molecular formula is C14H15N3O2. The minimum atomic E-state index is 0.353. The molecule has 0 spiro atoms. The molecule has 19 heavy (non-hydrogen) atoms. The second-order valence-corrected chi connectivity index (χ2v) is 4.70. The maximum atomic E-state index is 10.9. The summed E-state index contributed by atoms with van der Waals surface area (Å²) < 4.78 is 5.26. The second kappa shape index (κ2) is 5.34. The van der Waals surface area contributed by atoms with Crippen LogP contribution < -0.4 is 0 Å². The van der Waals surface area contributed by atoms with Crippen LogP contribution in [0, 0.1) is 0 Å². The highest BCUT2D eigenvalue weighted by molar-refractivity contribution is 5.66. The number of aromatic nitrogens is 1. The standard InChI is InChI=1S/C14H15N3O2/c18-9-13-10-19-5-4-17(13)8-11-6-12-2-1-3-15-14(12)16-7-11/h3,6-7H,1-2,4-5,8,10H2. The first-order valence-electron chi connectivity index (χ1n) is 6.44. The molecule has 1 saturated heterocycles. The number of morpholine rings is 1. The monoisotopic (exact) mass is 257 g/mol. The Bertz CT molecular complexity index is 562. The molecule has 0 N–H and O–H groups in total. The van der Waals surface area contributed by atoms with Crippen molar-refractivity contribution in [1.82, 2.24) is 9.88 Å². The minimum Gasteiger partial charge on any atom is -0.373 e. The van der Waals surface area contributed by atoms with E-state index in [1.807, 2.05) is 23.3 Å². The van der Waals surface area contributed by atoms with Gasteiger partial charge in [0.15, 0.2) is 5.82 Å². The lowest BCUT2D eigenvalue weighted by Gasteiger charge is -2.29. The number of fused-ring (bicyclic) bond motifs is 1. The summed E-state index contributed by atoms with van der Waals surface area (Å²) in [5.74, 6) is 2.78. The number of hydrogen-bond acceptors (Lipinski definition) is 5. The molecule has 1 aromatic heterocycles. The van der Waals surface area contributed by atoms with Crippen molar-refractivity contribution in [3.05, 3.63) is 29.1 Å². The summed E-state index contributed by atoms with van der Waals surface area (Å²) in [5, 5.41) is 0. The van der Waals surface area contributed by atoms with E-state index in [0.717, 1.165) is 30.8 Å². The molecule has 0 unspecified atom stereocenters. The van der Waals surface area contributed by atoms with Crippen molar-refractivity contribution in [3.8, 4) is 0 Å². The molecule has 0 saturated carbocycles. The van der Waals surface area contributed by atoms with Gasteiger partial charge in [-0.15, -0.1) is 0 Å². The Balaban J connectivity index is 1.79. The van der Waals surface area contributed by atoms with Gasteiger partial charge in [-0.25, -0.2) is 14.8 Å². The van der Waals surface area contributed by atoms with Gasteiger partial charge < -0.3 is 9.64 Å². The number of carbonyl (C=O) groups excluding carboxylic acids is 1. The van der Waals surface area contributed by atoms with Crippen molar-refractivity contribution in [3.63, 3.8) is 0 Å². The van der Waals surface area contributed by atoms with Crippen LogP contribution >= 0.6 is 0 Å². The number of ether oxygens (including phenoxy) is 1. The largest absolute Gasteiger partial charge is 0.373 e. The summed E-state index contributed by atoms with van der Waals surface area (Å²) in [6.45, 7) is 2.40. The van der Waals surface area contributed by atoms with Crippen molar-refractivity contribution >= 4 is 18.0 Å². The summed E-state index contributed by atoms with van der Waals surface area (Å²) in [4.78, 5) is 21.5. The molecule has 0 aromatic carbocycles. The highest BCUT2D eigenvalue weighted by atomic mass is 16.5.